The van der Waals surface area contributed by atoms with Crippen LogP contribution < -0.4 is 10.8 Å². The maximum Gasteiger partial charge on any atom is 0.155 e. The maximum absolute atomic E-state index is 4.12. The first-order valence-corrected chi connectivity index (χ1v) is 3.94. The Labute approximate surface area is 71.6 Å². The fourth-order valence-corrected chi connectivity index (χ4v) is 1.32. The zero-order valence-corrected chi connectivity index (χ0v) is 7.18. The molecular weight excluding hydrogens is 149 g/mol. The van der Waals surface area contributed by atoms with Crippen molar-refractivity contribution >= 4 is 30.0 Å². The van der Waals surface area contributed by atoms with E-state index < -0.39 is 0 Å². The molecule has 0 aliphatic heterocycles. The van der Waals surface area contributed by atoms with Gasteiger partial charge in [-0.05, 0) is 12.1 Å². The predicted octanol–water partition coefficient (Wildman–Crippen LogP) is -0.137. The average Bonchev–Trinajstić information content (AvgIpc) is 2.46. The highest BCUT2D eigenvalue weighted by Gasteiger charge is 2.01. The van der Waals surface area contributed by atoms with Gasteiger partial charge in [0.2, 0.25) is 0 Å². The molecule has 1 aromatic carbocycles. The van der Waals surface area contributed by atoms with Crippen LogP contribution in [0.1, 0.15) is 0 Å². The van der Waals surface area contributed by atoms with E-state index in [9.17, 15) is 0 Å². The summed E-state index contributed by atoms with van der Waals surface area (Å²) >= 11 is 0. The highest BCUT2D eigenvalue weighted by molar-refractivity contribution is 6.33. The fraction of sp³-hybridized carbons (Fsp3) is 0.125. The maximum atomic E-state index is 4.12. The number of nitrogens with zero attached hydrogens (tertiary/aromatic N) is 1. The molecule has 2 N–H and O–H groups in total. The highest BCUT2D eigenvalue weighted by Crippen LogP contribution is 2.17. The third kappa shape index (κ3) is 0.960. The molecule has 0 aliphatic carbocycles. The van der Waals surface area contributed by atoms with Crippen LogP contribution in [0.4, 0.5) is 5.82 Å². The number of H-pyrrole nitrogens is 1. The van der Waals surface area contributed by atoms with Crippen molar-refractivity contribution in [2.45, 2.75) is 0 Å². The minimum atomic E-state index is 0.907. The van der Waals surface area contributed by atoms with Crippen LogP contribution in [0.2, 0.25) is 0 Å². The fourth-order valence-electron chi connectivity index (χ4n) is 1.32. The summed E-state index contributed by atoms with van der Waals surface area (Å²) in [7, 11) is 3.94. The lowest BCUT2D eigenvalue weighted by Crippen LogP contribution is -1.99. The first-order chi connectivity index (χ1) is 5.81. The number of hydrogen-bond acceptors (Lipinski definition) is 2. The van der Waals surface area contributed by atoms with Gasteiger partial charge in [-0.15, -0.1) is 0 Å². The van der Waals surface area contributed by atoms with Gasteiger partial charge in [0.1, 0.15) is 7.85 Å². The van der Waals surface area contributed by atoms with Gasteiger partial charge in [0.15, 0.2) is 5.82 Å². The number of anilines is 1. The molecule has 0 atom stereocenters. The predicted molar refractivity (Wildman–Crippen MR) is 53.8 cm³/mol. The van der Waals surface area contributed by atoms with Gasteiger partial charge >= 0.3 is 0 Å². The molecule has 2 aromatic rings. The van der Waals surface area contributed by atoms with Crippen LogP contribution in [0, 0.1) is 0 Å². The second kappa shape index (κ2) is 2.55. The number of aromatic amines is 1. The molecule has 0 saturated heterocycles. The third-order valence-electron chi connectivity index (χ3n) is 1.96. The number of fused-ring (bicyclic) bond motifs is 1. The lowest BCUT2D eigenvalue weighted by Gasteiger charge is -1.94. The number of hydrogen-bond donors (Lipinski definition) is 2. The molecule has 1 aromatic heterocycles. The van der Waals surface area contributed by atoms with E-state index in [1.165, 1.54) is 5.46 Å². The van der Waals surface area contributed by atoms with E-state index >= 15 is 0 Å². The lowest BCUT2D eigenvalue weighted by molar-refractivity contribution is 1.11. The summed E-state index contributed by atoms with van der Waals surface area (Å²) in [6.45, 7) is 0. The van der Waals surface area contributed by atoms with E-state index in [1.54, 1.807) is 0 Å². The van der Waals surface area contributed by atoms with E-state index in [4.69, 9.17) is 0 Å². The summed E-state index contributed by atoms with van der Waals surface area (Å²) in [4.78, 5) is 0. The number of rotatable bonds is 1. The Hall–Kier alpha value is -1.45. The molecule has 0 spiro atoms. The zero-order valence-electron chi connectivity index (χ0n) is 7.18. The van der Waals surface area contributed by atoms with Gasteiger partial charge in [0, 0.05) is 12.4 Å². The van der Waals surface area contributed by atoms with Gasteiger partial charge < -0.3 is 5.32 Å². The van der Waals surface area contributed by atoms with Crippen molar-refractivity contribution in [3.8, 4) is 0 Å². The molecule has 0 saturated carbocycles. The Morgan fingerprint density at radius 2 is 2.33 bits per heavy atom. The zero-order chi connectivity index (χ0) is 8.55. The van der Waals surface area contributed by atoms with E-state index in [2.05, 4.69) is 41.6 Å². The Kier molecular flexibility index (Phi) is 1.53. The van der Waals surface area contributed by atoms with Gasteiger partial charge in [-0.3, -0.25) is 5.10 Å². The van der Waals surface area contributed by atoms with Crippen LogP contribution in [-0.2, 0) is 0 Å². The monoisotopic (exact) mass is 159 g/mol. The standard InChI is InChI=1S/C8H10BN3/c1-10-8-6-3-2-5(9)4-7(6)11-12-8/h2-4H,9H2,1H3,(H2,10,11,12). The van der Waals surface area contributed by atoms with Crippen LogP contribution in [0.5, 0.6) is 0 Å². The van der Waals surface area contributed by atoms with Gasteiger partial charge in [-0.2, -0.15) is 5.10 Å². The summed E-state index contributed by atoms with van der Waals surface area (Å²) in [5, 5.41) is 11.3. The van der Waals surface area contributed by atoms with Gasteiger partial charge in [-0.25, -0.2) is 0 Å². The third-order valence-corrected chi connectivity index (χ3v) is 1.96. The van der Waals surface area contributed by atoms with Crippen molar-refractivity contribution in [3.05, 3.63) is 18.2 Å². The van der Waals surface area contributed by atoms with Crippen molar-refractivity contribution < 1.29 is 0 Å². The SMILES string of the molecule is Bc1ccc2c(NC)n[nH]c2c1. The Morgan fingerprint density at radius 3 is 3.08 bits per heavy atom. The van der Waals surface area contributed by atoms with E-state index in [-0.39, 0.29) is 0 Å². The van der Waals surface area contributed by atoms with E-state index in [1.807, 2.05) is 7.05 Å². The Bertz CT molecular complexity index is 408. The first-order valence-electron chi connectivity index (χ1n) is 3.94. The molecule has 12 heavy (non-hydrogen) atoms. The normalized spacial score (nSPS) is 10.4. The summed E-state index contributed by atoms with van der Waals surface area (Å²) < 4.78 is 0. The molecule has 2 rings (SSSR count). The second-order valence-corrected chi connectivity index (χ2v) is 2.87. The molecule has 0 amide bonds. The largest absolute Gasteiger partial charge is 0.371 e. The molecule has 60 valence electrons. The summed E-state index contributed by atoms with van der Waals surface area (Å²) in [5.41, 5.74) is 2.33. The molecule has 0 fully saturated rings. The molecule has 1 heterocycles. The van der Waals surface area contributed by atoms with Gasteiger partial charge in [-0.1, -0.05) is 11.5 Å². The Balaban J connectivity index is 2.73. The van der Waals surface area contributed by atoms with Crippen molar-refractivity contribution in [3.63, 3.8) is 0 Å². The number of aromatic nitrogens is 2. The molecular formula is C8H10BN3. The molecule has 0 bridgehead atoms. The number of nitrogens with one attached hydrogen (secondary N) is 2. The lowest BCUT2D eigenvalue weighted by atomic mass is 9.95. The van der Waals surface area contributed by atoms with Crippen LogP contribution in [-0.4, -0.2) is 25.1 Å². The van der Waals surface area contributed by atoms with Crippen molar-refractivity contribution in [2.24, 2.45) is 0 Å². The van der Waals surface area contributed by atoms with Gasteiger partial charge in [0.25, 0.3) is 0 Å². The highest BCUT2D eigenvalue weighted by atomic mass is 15.2. The van der Waals surface area contributed by atoms with Crippen molar-refractivity contribution in [1.82, 2.24) is 10.2 Å². The summed E-state index contributed by atoms with van der Waals surface area (Å²) in [5.74, 6) is 0.907. The summed E-state index contributed by atoms with van der Waals surface area (Å²) in [6, 6.07) is 6.24. The number of benzene rings is 1. The van der Waals surface area contributed by atoms with E-state index in [0.29, 0.717) is 0 Å². The van der Waals surface area contributed by atoms with Crippen LogP contribution >= 0.6 is 0 Å². The minimum absolute atomic E-state index is 0.907. The van der Waals surface area contributed by atoms with Crippen LogP contribution in [0.15, 0.2) is 18.2 Å². The van der Waals surface area contributed by atoms with Gasteiger partial charge in [0.05, 0.1) is 5.52 Å². The minimum Gasteiger partial charge on any atom is -0.371 e. The van der Waals surface area contributed by atoms with Crippen LogP contribution in [0.3, 0.4) is 0 Å². The van der Waals surface area contributed by atoms with Crippen LogP contribution in [0.25, 0.3) is 10.9 Å². The quantitative estimate of drug-likeness (QED) is 0.568. The second-order valence-electron chi connectivity index (χ2n) is 2.87. The summed E-state index contributed by atoms with van der Waals surface area (Å²) in [6.07, 6.45) is 0. The van der Waals surface area contributed by atoms with E-state index in [0.717, 1.165) is 16.7 Å². The Morgan fingerprint density at radius 1 is 1.50 bits per heavy atom. The molecule has 0 radical (unpaired) electrons. The molecule has 3 nitrogen and oxygen atoms in total. The van der Waals surface area contributed by atoms with Crippen molar-refractivity contribution in [2.75, 3.05) is 12.4 Å². The van der Waals surface area contributed by atoms with Crippen molar-refractivity contribution in [1.29, 1.82) is 0 Å². The molecule has 0 unspecified atom stereocenters. The molecule has 0 aliphatic rings. The first kappa shape index (κ1) is 7.22. The average molecular weight is 159 g/mol. The molecule has 4 heteroatoms. The smallest absolute Gasteiger partial charge is 0.155 e. The topological polar surface area (TPSA) is 40.7 Å².